The van der Waals surface area contributed by atoms with Crippen molar-refractivity contribution in [1.82, 2.24) is 9.13 Å². The number of nitrogens with zero attached hydrogens (tertiary/aromatic N) is 2. The highest BCUT2D eigenvalue weighted by atomic mass is 16.3. The average molecular weight is 677 g/mol. The first kappa shape index (κ1) is 12.8. The number of aromatic nitrogens is 2. The first-order valence-electron chi connectivity index (χ1n) is 28.3. The molecule has 0 bridgehead atoms. The monoisotopic (exact) mass is 676 g/mol. The summed E-state index contributed by atoms with van der Waals surface area (Å²) in [5.74, 6) is 0. The van der Waals surface area contributed by atoms with E-state index in [2.05, 4.69) is 0 Å². The number of fused-ring (bicyclic) bond motifs is 9. The Bertz CT molecular complexity index is 4590. The fourth-order valence-electron chi connectivity index (χ4n) is 6.49. The van der Waals surface area contributed by atoms with Crippen LogP contribution in [0.15, 0.2) is 186 Å². The van der Waals surface area contributed by atoms with E-state index in [1.54, 1.807) is 0 Å². The van der Waals surface area contributed by atoms with Gasteiger partial charge in [0.1, 0.15) is 11.2 Å². The molecule has 8 aromatic carbocycles. The lowest BCUT2D eigenvalue weighted by Gasteiger charge is -2.09. The first-order chi connectivity index (χ1) is 36.1. The maximum atomic E-state index is 9.88. The molecule has 3 nitrogen and oxygen atoms in total. The lowest BCUT2D eigenvalue weighted by molar-refractivity contribution is 0.668. The van der Waals surface area contributed by atoms with Gasteiger partial charge in [-0.25, -0.2) is 0 Å². The van der Waals surface area contributed by atoms with Gasteiger partial charge in [0.2, 0.25) is 0 Å². The average Bonchev–Trinajstić information content (AvgIpc) is 4.10. The molecule has 3 aromatic heterocycles. The van der Waals surface area contributed by atoms with Crippen LogP contribution in [0.3, 0.4) is 0 Å². The van der Waals surface area contributed by atoms with Gasteiger partial charge in [0, 0.05) is 49.7 Å². The molecular weight excluding hydrogens is 621 g/mol. The van der Waals surface area contributed by atoms with Crippen LogP contribution in [-0.2, 0) is 0 Å². The number of para-hydroxylation sites is 3. The van der Waals surface area contributed by atoms with Crippen molar-refractivity contribution in [2.75, 3.05) is 0 Å². The molecule has 3 heteroatoms. The molecule has 0 spiro atoms. The zero-order valence-corrected chi connectivity index (χ0v) is 25.6. The predicted octanol–water partition coefficient (Wildman–Crippen LogP) is 13.1. The third-order valence-electron chi connectivity index (χ3n) is 8.61. The highest BCUT2D eigenvalue weighted by molar-refractivity contribution is 6.15. The standard InChI is InChI=1S/C48H30N2O/c1-3-12-31(13-4-1)36-18-11-21-46-48(36)39-25-24-35(30-47(39)51-46)50-43-20-10-8-17-38(43)41-29-33(23-27-45(41)50)32-22-26-44-40(28-32)37-16-7-9-19-42(37)49(44)34-14-5-2-6-15-34/h1-30H/i1D,2D,3D,4D,5D,6D,7D,8D,9D,10D,12D,13D,14D,15D,16D,17D,19D,20D,21D,22D,23D,26D,27D,28D,29D,30D. The summed E-state index contributed by atoms with van der Waals surface area (Å²) in [7, 11) is 0. The van der Waals surface area contributed by atoms with E-state index < -0.39 is 211 Å². The molecule has 0 radical (unpaired) electrons. The minimum absolute atomic E-state index is 0.0547. The Labute approximate surface area is 330 Å². The second kappa shape index (κ2) is 10.8. The van der Waals surface area contributed by atoms with Gasteiger partial charge in [-0.15, -0.1) is 0 Å². The van der Waals surface area contributed by atoms with Crippen LogP contribution in [0, 0.1) is 0 Å². The van der Waals surface area contributed by atoms with Crippen molar-refractivity contribution in [3.8, 4) is 33.6 Å². The van der Waals surface area contributed by atoms with E-state index in [1.165, 1.54) is 24.3 Å². The van der Waals surface area contributed by atoms with Crippen molar-refractivity contribution in [3.63, 3.8) is 0 Å². The molecule has 0 amide bonds. The van der Waals surface area contributed by atoms with Gasteiger partial charge in [-0.05, 0) is 88.8 Å². The molecule has 0 atom stereocenters. The van der Waals surface area contributed by atoms with Gasteiger partial charge in [-0.1, -0.05) is 109 Å². The lowest BCUT2D eigenvalue weighted by Crippen LogP contribution is -1.93. The summed E-state index contributed by atoms with van der Waals surface area (Å²) in [4.78, 5) is 0. The van der Waals surface area contributed by atoms with Gasteiger partial charge in [-0.2, -0.15) is 0 Å². The Hall–Kier alpha value is -6.84. The third kappa shape index (κ3) is 4.19. The van der Waals surface area contributed by atoms with Crippen LogP contribution >= 0.6 is 0 Å². The minimum atomic E-state index is -0.957. The molecule has 3 heterocycles. The Morgan fingerprint density at radius 2 is 0.961 bits per heavy atom. The Balaban J connectivity index is 1.27. The Kier molecular flexibility index (Phi) is 2.72. The van der Waals surface area contributed by atoms with E-state index >= 15 is 0 Å². The fraction of sp³-hybridized carbons (Fsp3) is 0. The smallest absolute Gasteiger partial charge is 0.137 e. The van der Waals surface area contributed by atoms with Gasteiger partial charge >= 0.3 is 0 Å². The molecule has 0 N–H and O–H groups in total. The number of hydrogen-bond acceptors (Lipinski definition) is 1. The summed E-state index contributed by atoms with van der Waals surface area (Å²) in [5, 5.41) is -1.74. The molecule has 0 fully saturated rings. The number of hydrogen-bond donors (Lipinski definition) is 0. The predicted molar refractivity (Wildman–Crippen MR) is 213 cm³/mol. The molecular formula is C48H30N2O. The van der Waals surface area contributed by atoms with E-state index in [4.69, 9.17) is 27.7 Å². The molecule has 0 aliphatic carbocycles. The zero-order chi connectivity index (χ0) is 56.1. The molecule has 51 heavy (non-hydrogen) atoms. The summed E-state index contributed by atoms with van der Waals surface area (Å²) in [6.45, 7) is 0. The molecule has 11 aromatic rings. The summed E-state index contributed by atoms with van der Waals surface area (Å²) in [6, 6.07) is -14.5. The van der Waals surface area contributed by atoms with Gasteiger partial charge in [0.05, 0.1) is 57.7 Å². The highest BCUT2D eigenvalue weighted by Crippen LogP contribution is 2.41. The van der Waals surface area contributed by atoms with Crippen LogP contribution in [0.25, 0.3) is 99.2 Å². The molecule has 0 aliphatic heterocycles. The van der Waals surface area contributed by atoms with Crippen molar-refractivity contribution in [1.29, 1.82) is 0 Å². The zero-order valence-electron chi connectivity index (χ0n) is 51.6. The summed E-state index contributed by atoms with van der Waals surface area (Å²) >= 11 is 0. The van der Waals surface area contributed by atoms with E-state index in [0.29, 0.717) is 0 Å². The minimum Gasteiger partial charge on any atom is -0.456 e. The van der Waals surface area contributed by atoms with Crippen LogP contribution in [0.1, 0.15) is 35.6 Å². The van der Waals surface area contributed by atoms with Crippen molar-refractivity contribution < 1.29 is 40.1 Å². The van der Waals surface area contributed by atoms with E-state index in [-0.39, 0.29) is 44.8 Å². The van der Waals surface area contributed by atoms with E-state index in [9.17, 15) is 12.3 Å². The van der Waals surface area contributed by atoms with Gasteiger partial charge < -0.3 is 13.6 Å². The maximum absolute atomic E-state index is 9.88. The fourth-order valence-corrected chi connectivity index (χ4v) is 6.49. The van der Waals surface area contributed by atoms with Crippen LogP contribution < -0.4 is 0 Å². The maximum Gasteiger partial charge on any atom is 0.137 e. The lowest BCUT2D eigenvalue weighted by atomic mass is 9.99. The van der Waals surface area contributed by atoms with Gasteiger partial charge in [-0.3, -0.25) is 0 Å². The summed E-state index contributed by atoms with van der Waals surface area (Å²) in [6.07, 6.45) is 0. The molecule has 11 rings (SSSR count). The van der Waals surface area contributed by atoms with Crippen molar-refractivity contribution >= 4 is 65.6 Å². The Morgan fingerprint density at radius 3 is 1.63 bits per heavy atom. The second-order valence-electron chi connectivity index (χ2n) is 11.3. The van der Waals surface area contributed by atoms with Crippen LogP contribution in [0.4, 0.5) is 0 Å². The van der Waals surface area contributed by atoms with Crippen molar-refractivity contribution in [2.24, 2.45) is 0 Å². The summed E-state index contributed by atoms with van der Waals surface area (Å²) in [5.41, 5.74) is -5.00. The van der Waals surface area contributed by atoms with Gasteiger partial charge in [0.25, 0.3) is 0 Å². The number of furan rings is 1. The van der Waals surface area contributed by atoms with Crippen LogP contribution in [0.5, 0.6) is 0 Å². The summed E-state index contributed by atoms with van der Waals surface area (Å²) < 4.78 is 240. The highest BCUT2D eigenvalue weighted by Gasteiger charge is 2.18. The van der Waals surface area contributed by atoms with E-state index in [0.717, 1.165) is 9.13 Å². The largest absolute Gasteiger partial charge is 0.456 e. The molecule has 0 saturated heterocycles. The van der Waals surface area contributed by atoms with Crippen LogP contribution in [-0.4, -0.2) is 9.13 Å². The first-order valence-corrected chi connectivity index (χ1v) is 15.3. The quantitative estimate of drug-likeness (QED) is 0.182. The molecule has 0 aliphatic rings. The van der Waals surface area contributed by atoms with Gasteiger partial charge in [0.15, 0.2) is 0 Å². The number of benzene rings is 8. The van der Waals surface area contributed by atoms with Crippen molar-refractivity contribution in [3.05, 3.63) is 181 Å². The number of rotatable bonds is 4. The second-order valence-corrected chi connectivity index (χ2v) is 11.3. The van der Waals surface area contributed by atoms with E-state index in [1.807, 2.05) is 0 Å². The third-order valence-corrected chi connectivity index (χ3v) is 8.61. The molecule has 0 unspecified atom stereocenters. The Morgan fingerprint density at radius 1 is 0.392 bits per heavy atom. The molecule has 0 saturated carbocycles. The topological polar surface area (TPSA) is 23.0 Å². The SMILES string of the molecule is [2H]c1c([2H])c([2H])c(-c2ccc([2H])c3oc4c([2H])c(-n5c6c([2H])c([2H])c([2H])c([2H])c6c6c([2H])c(-c7c([2H])c([2H])c8c(c7[2H])c7c([2H])c([2H])c([2H])c([2H])c7n8-c7c([2H])c([2H])c([2H])c([2H])c7[2H])c([2H])c([2H])c65)ccc4c23)c([2H])c1[2H]. The van der Waals surface area contributed by atoms with Crippen LogP contribution in [0.2, 0.25) is 0 Å². The normalized spacial score (nSPS) is 19.1. The van der Waals surface area contributed by atoms with Crippen molar-refractivity contribution in [2.45, 2.75) is 0 Å². The molecule has 238 valence electrons.